The quantitative estimate of drug-likeness (QED) is 0.649. The zero-order valence-corrected chi connectivity index (χ0v) is 8.03. The van der Waals surface area contributed by atoms with Gasteiger partial charge in [-0.3, -0.25) is 5.32 Å². The standard InChI is InChI=1S/C8H14N2S/c1-6(2)8(3)10-7(4-9)5-11-8/h6-7,10H,5H2,1-3H3. The van der Waals surface area contributed by atoms with Crippen LogP contribution in [0.1, 0.15) is 20.8 Å². The van der Waals surface area contributed by atoms with Gasteiger partial charge in [0, 0.05) is 5.75 Å². The first-order valence-corrected chi connectivity index (χ1v) is 4.88. The predicted molar refractivity (Wildman–Crippen MR) is 48.2 cm³/mol. The van der Waals surface area contributed by atoms with Crippen LogP contribution in [0.4, 0.5) is 0 Å². The molecule has 1 saturated heterocycles. The monoisotopic (exact) mass is 170 g/mol. The average molecular weight is 170 g/mol. The zero-order valence-electron chi connectivity index (χ0n) is 7.22. The highest BCUT2D eigenvalue weighted by atomic mass is 32.2. The molecule has 11 heavy (non-hydrogen) atoms. The number of rotatable bonds is 1. The van der Waals surface area contributed by atoms with Gasteiger partial charge < -0.3 is 0 Å². The summed E-state index contributed by atoms with van der Waals surface area (Å²) < 4.78 is 0. The Morgan fingerprint density at radius 3 is 2.64 bits per heavy atom. The van der Waals surface area contributed by atoms with Crippen molar-refractivity contribution < 1.29 is 0 Å². The highest BCUT2D eigenvalue weighted by Gasteiger charge is 2.37. The van der Waals surface area contributed by atoms with E-state index in [4.69, 9.17) is 5.26 Å². The summed E-state index contributed by atoms with van der Waals surface area (Å²) in [6, 6.07) is 2.29. The molecule has 0 aromatic carbocycles. The topological polar surface area (TPSA) is 35.8 Å². The number of hydrogen-bond acceptors (Lipinski definition) is 3. The molecule has 0 aromatic rings. The fourth-order valence-electron chi connectivity index (χ4n) is 1.09. The van der Waals surface area contributed by atoms with Crippen LogP contribution < -0.4 is 5.32 Å². The molecular weight excluding hydrogens is 156 g/mol. The Labute approximate surface area is 72.4 Å². The predicted octanol–water partition coefficient (Wildman–Crippen LogP) is 1.59. The summed E-state index contributed by atoms with van der Waals surface area (Å²) in [5, 5.41) is 12.0. The molecule has 1 N–H and O–H groups in total. The zero-order chi connectivity index (χ0) is 8.48. The van der Waals surface area contributed by atoms with Crippen LogP contribution in [0.2, 0.25) is 0 Å². The first-order chi connectivity index (χ1) is 5.08. The number of nitrogens with zero attached hydrogens (tertiary/aromatic N) is 1. The minimum absolute atomic E-state index is 0.0485. The molecule has 1 aliphatic heterocycles. The van der Waals surface area contributed by atoms with E-state index in [0.717, 1.165) is 5.75 Å². The van der Waals surface area contributed by atoms with Gasteiger partial charge in [-0.2, -0.15) is 5.26 Å². The van der Waals surface area contributed by atoms with Crippen molar-refractivity contribution in [1.82, 2.24) is 5.32 Å². The summed E-state index contributed by atoms with van der Waals surface area (Å²) in [5.41, 5.74) is 0. The van der Waals surface area contributed by atoms with Gasteiger partial charge >= 0.3 is 0 Å². The van der Waals surface area contributed by atoms with Crippen molar-refractivity contribution in [3.63, 3.8) is 0 Å². The van der Waals surface area contributed by atoms with Gasteiger partial charge in [-0.25, -0.2) is 0 Å². The molecule has 0 saturated carbocycles. The maximum Gasteiger partial charge on any atom is 0.106 e. The average Bonchev–Trinajstić information content (AvgIpc) is 2.33. The van der Waals surface area contributed by atoms with E-state index in [0.29, 0.717) is 5.92 Å². The molecule has 2 unspecified atom stereocenters. The Morgan fingerprint density at radius 1 is 1.73 bits per heavy atom. The summed E-state index contributed by atoms with van der Waals surface area (Å²) in [6.07, 6.45) is 0. The highest BCUT2D eigenvalue weighted by Crippen LogP contribution is 2.35. The Morgan fingerprint density at radius 2 is 2.36 bits per heavy atom. The van der Waals surface area contributed by atoms with Gasteiger partial charge in [-0.15, -0.1) is 11.8 Å². The van der Waals surface area contributed by atoms with E-state index in [1.165, 1.54) is 0 Å². The van der Waals surface area contributed by atoms with Gasteiger partial charge in [0.15, 0.2) is 0 Å². The van der Waals surface area contributed by atoms with Gasteiger partial charge in [-0.1, -0.05) is 13.8 Å². The first kappa shape index (κ1) is 8.89. The van der Waals surface area contributed by atoms with E-state index in [-0.39, 0.29) is 10.9 Å². The lowest BCUT2D eigenvalue weighted by atomic mass is 10.1. The Balaban J connectivity index is 2.59. The molecule has 2 nitrogen and oxygen atoms in total. The van der Waals surface area contributed by atoms with E-state index < -0.39 is 0 Å². The Bertz CT molecular complexity index is 185. The fraction of sp³-hybridized carbons (Fsp3) is 0.875. The molecule has 3 heteroatoms. The lowest BCUT2D eigenvalue weighted by molar-refractivity contribution is 0.392. The van der Waals surface area contributed by atoms with Gasteiger partial charge in [-0.05, 0) is 12.8 Å². The molecule has 2 atom stereocenters. The minimum Gasteiger partial charge on any atom is -0.287 e. The third-order valence-corrected chi connectivity index (χ3v) is 3.96. The number of nitrogens with one attached hydrogen (secondary N) is 1. The third kappa shape index (κ3) is 1.69. The van der Waals surface area contributed by atoms with Crippen LogP contribution >= 0.6 is 11.8 Å². The largest absolute Gasteiger partial charge is 0.287 e. The molecule has 1 fully saturated rings. The van der Waals surface area contributed by atoms with Crippen LogP contribution in [-0.4, -0.2) is 16.7 Å². The Hall–Kier alpha value is -0.200. The van der Waals surface area contributed by atoms with Crippen LogP contribution in [0, 0.1) is 17.2 Å². The van der Waals surface area contributed by atoms with Crippen molar-refractivity contribution in [3.8, 4) is 6.07 Å². The van der Waals surface area contributed by atoms with Crippen molar-refractivity contribution in [2.24, 2.45) is 5.92 Å². The van der Waals surface area contributed by atoms with Crippen LogP contribution in [0.25, 0.3) is 0 Å². The van der Waals surface area contributed by atoms with Crippen LogP contribution in [0.15, 0.2) is 0 Å². The van der Waals surface area contributed by atoms with E-state index in [2.05, 4.69) is 32.2 Å². The summed E-state index contributed by atoms with van der Waals surface area (Å²) in [6.45, 7) is 6.53. The van der Waals surface area contributed by atoms with Crippen LogP contribution in [0.5, 0.6) is 0 Å². The summed E-state index contributed by atoms with van der Waals surface area (Å²) in [4.78, 5) is 0.112. The van der Waals surface area contributed by atoms with Crippen molar-refractivity contribution in [2.75, 3.05) is 5.75 Å². The normalized spacial score (nSPS) is 37.5. The van der Waals surface area contributed by atoms with E-state index in [9.17, 15) is 0 Å². The van der Waals surface area contributed by atoms with E-state index >= 15 is 0 Å². The maximum absolute atomic E-state index is 8.65. The molecule has 1 heterocycles. The molecule has 0 bridgehead atoms. The van der Waals surface area contributed by atoms with Crippen molar-refractivity contribution in [3.05, 3.63) is 0 Å². The second-order valence-electron chi connectivity index (χ2n) is 3.40. The lowest BCUT2D eigenvalue weighted by Gasteiger charge is -2.28. The molecular formula is C8H14N2S. The van der Waals surface area contributed by atoms with E-state index in [1.807, 2.05) is 11.8 Å². The van der Waals surface area contributed by atoms with Crippen LogP contribution in [0.3, 0.4) is 0 Å². The van der Waals surface area contributed by atoms with E-state index in [1.54, 1.807) is 0 Å². The molecule has 0 aromatic heterocycles. The number of hydrogen-bond donors (Lipinski definition) is 1. The summed E-state index contributed by atoms with van der Waals surface area (Å²) in [5.74, 6) is 1.50. The number of nitriles is 1. The molecule has 0 spiro atoms. The lowest BCUT2D eigenvalue weighted by Crippen LogP contribution is -2.42. The first-order valence-electron chi connectivity index (χ1n) is 3.90. The summed E-state index contributed by atoms with van der Waals surface area (Å²) in [7, 11) is 0. The number of thioether (sulfide) groups is 1. The maximum atomic E-state index is 8.65. The second-order valence-corrected chi connectivity index (χ2v) is 4.87. The minimum atomic E-state index is 0.0485. The molecule has 1 rings (SSSR count). The smallest absolute Gasteiger partial charge is 0.106 e. The van der Waals surface area contributed by atoms with Crippen molar-refractivity contribution in [1.29, 1.82) is 5.26 Å². The molecule has 0 aliphatic carbocycles. The highest BCUT2D eigenvalue weighted by molar-refractivity contribution is 8.00. The molecule has 62 valence electrons. The Kier molecular flexibility index (Phi) is 2.46. The molecule has 0 radical (unpaired) electrons. The van der Waals surface area contributed by atoms with Crippen LogP contribution in [-0.2, 0) is 0 Å². The van der Waals surface area contributed by atoms with Gasteiger partial charge in [0.25, 0.3) is 0 Å². The second kappa shape index (κ2) is 3.04. The molecule has 0 amide bonds. The van der Waals surface area contributed by atoms with Gasteiger partial charge in [0.05, 0.1) is 10.9 Å². The fourth-order valence-corrected chi connectivity index (χ4v) is 2.32. The van der Waals surface area contributed by atoms with Crippen molar-refractivity contribution >= 4 is 11.8 Å². The summed E-state index contributed by atoms with van der Waals surface area (Å²) >= 11 is 1.85. The van der Waals surface area contributed by atoms with Crippen molar-refractivity contribution in [2.45, 2.75) is 31.7 Å². The third-order valence-electron chi connectivity index (χ3n) is 2.27. The van der Waals surface area contributed by atoms with Gasteiger partial charge in [0.2, 0.25) is 0 Å². The molecule has 1 aliphatic rings. The SMILES string of the molecule is CC(C)C1(C)NC(C#N)CS1. The van der Waals surface area contributed by atoms with Gasteiger partial charge in [0.1, 0.15) is 6.04 Å².